The number of anilines is 1. The van der Waals surface area contributed by atoms with Crippen molar-refractivity contribution >= 4 is 27.5 Å². The van der Waals surface area contributed by atoms with E-state index >= 15 is 0 Å². The maximum atomic E-state index is 5.46. The fraction of sp³-hybridized carbons (Fsp3) is 0.500. The van der Waals surface area contributed by atoms with E-state index in [1.165, 1.54) is 6.42 Å². The summed E-state index contributed by atoms with van der Waals surface area (Å²) in [6.45, 7) is 2.61. The molecule has 0 aliphatic carbocycles. The van der Waals surface area contributed by atoms with Crippen LogP contribution in [0, 0.1) is 5.92 Å². The molecule has 0 amide bonds. The zero-order valence-electron chi connectivity index (χ0n) is 9.97. The molecule has 0 aromatic carbocycles. The average Bonchev–Trinajstić information content (AvgIpc) is 2.82. The van der Waals surface area contributed by atoms with Gasteiger partial charge in [0, 0.05) is 19.3 Å². The van der Waals surface area contributed by atoms with Gasteiger partial charge in [0.1, 0.15) is 0 Å². The fourth-order valence-electron chi connectivity index (χ4n) is 2.15. The molecule has 0 radical (unpaired) electrons. The summed E-state index contributed by atoms with van der Waals surface area (Å²) in [5, 5.41) is 7.67. The topological polar surface area (TPSA) is 51.5 Å². The van der Waals surface area contributed by atoms with Crippen LogP contribution in [-0.2, 0) is 4.74 Å². The summed E-state index contributed by atoms with van der Waals surface area (Å²) in [5.41, 5.74) is 0.833. The normalized spacial score (nSPS) is 20.2. The Morgan fingerprint density at radius 2 is 2.50 bits per heavy atom. The zero-order valence-corrected chi connectivity index (χ0v) is 11.6. The lowest BCUT2D eigenvalue weighted by Gasteiger charge is -2.21. The third-order valence-electron chi connectivity index (χ3n) is 3.12. The molecule has 6 heteroatoms. The quantitative estimate of drug-likeness (QED) is 0.945. The number of pyridine rings is 1. The molecular formula is C12H15BrN4O. The largest absolute Gasteiger partial charge is 0.381 e. The van der Waals surface area contributed by atoms with Crippen LogP contribution < -0.4 is 5.32 Å². The Morgan fingerprint density at radius 1 is 1.56 bits per heavy atom. The minimum atomic E-state index is 0.564. The van der Waals surface area contributed by atoms with E-state index in [-0.39, 0.29) is 0 Å². The lowest BCUT2D eigenvalue weighted by Crippen LogP contribution is -2.24. The van der Waals surface area contributed by atoms with Crippen molar-refractivity contribution < 1.29 is 4.74 Å². The van der Waals surface area contributed by atoms with Gasteiger partial charge in [-0.15, -0.1) is 5.10 Å². The SMILES string of the molecule is Brc1cccn2nc(NCC3CCCOC3)nc12. The number of hydrogen-bond donors (Lipinski definition) is 1. The Hall–Kier alpha value is -1.14. The van der Waals surface area contributed by atoms with Crippen LogP contribution in [0.1, 0.15) is 12.8 Å². The first kappa shape index (κ1) is 11.9. The first-order valence-corrected chi connectivity index (χ1v) is 6.95. The number of hydrogen-bond acceptors (Lipinski definition) is 4. The number of aromatic nitrogens is 3. The van der Waals surface area contributed by atoms with E-state index in [4.69, 9.17) is 4.74 Å². The molecule has 1 aliphatic heterocycles. The van der Waals surface area contributed by atoms with Crippen LogP contribution in [0.15, 0.2) is 22.8 Å². The van der Waals surface area contributed by atoms with E-state index in [9.17, 15) is 0 Å². The van der Waals surface area contributed by atoms with Crippen LogP contribution in [0.4, 0.5) is 5.95 Å². The number of fused-ring (bicyclic) bond motifs is 1. The molecule has 1 saturated heterocycles. The highest BCUT2D eigenvalue weighted by Gasteiger charge is 2.14. The smallest absolute Gasteiger partial charge is 0.243 e. The first-order valence-electron chi connectivity index (χ1n) is 6.15. The summed E-state index contributed by atoms with van der Waals surface area (Å²) in [4.78, 5) is 4.45. The van der Waals surface area contributed by atoms with Gasteiger partial charge in [0.05, 0.1) is 11.1 Å². The standard InChI is InChI=1S/C12H15BrN4O/c13-10-4-1-5-17-11(10)15-12(16-17)14-7-9-3-2-6-18-8-9/h1,4-5,9H,2-3,6-8H2,(H,14,16). The molecule has 0 saturated carbocycles. The van der Waals surface area contributed by atoms with E-state index in [0.29, 0.717) is 11.9 Å². The second-order valence-corrected chi connectivity index (χ2v) is 5.38. The molecule has 1 unspecified atom stereocenters. The van der Waals surface area contributed by atoms with Crippen molar-refractivity contribution in [2.24, 2.45) is 5.92 Å². The monoisotopic (exact) mass is 310 g/mol. The van der Waals surface area contributed by atoms with E-state index in [2.05, 4.69) is 31.3 Å². The van der Waals surface area contributed by atoms with E-state index in [1.807, 2.05) is 18.3 Å². The molecule has 3 rings (SSSR count). The van der Waals surface area contributed by atoms with Crippen LogP contribution in [0.5, 0.6) is 0 Å². The molecule has 5 nitrogen and oxygen atoms in total. The molecule has 18 heavy (non-hydrogen) atoms. The summed E-state index contributed by atoms with van der Waals surface area (Å²) >= 11 is 3.47. The van der Waals surface area contributed by atoms with Gasteiger partial charge in [-0.2, -0.15) is 4.98 Å². The molecule has 0 spiro atoms. The van der Waals surface area contributed by atoms with Gasteiger partial charge in [0.2, 0.25) is 5.95 Å². The van der Waals surface area contributed by atoms with Crippen LogP contribution in [0.25, 0.3) is 5.65 Å². The predicted molar refractivity (Wildman–Crippen MR) is 72.7 cm³/mol. The number of halogens is 1. The molecule has 1 atom stereocenters. The van der Waals surface area contributed by atoms with Gasteiger partial charge in [-0.25, -0.2) is 4.52 Å². The van der Waals surface area contributed by atoms with E-state index < -0.39 is 0 Å². The summed E-state index contributed by atoms with van der Waals surface area (Å²) in [6.07, 6.45) is 4.25. The van der Waals surface area contributed by atoms with Crippen molar-refractivity contribution in [3.05, 3.63) is 22.8 Å². The van der Waals surface area contributed by atoms with Gasteiger partial charge in [-0.05, 0) is 46.8 Å². The van der Waals surface area contributed by atoms with Crippen LogP contribution >= 0.6 is 15.9 Å². The third kappa shape index (κ3) is 2.49. The third-order valence-corrected chi connectivity index (χ3v) is 3.74. The van der Waals surface area contributed by atoms with Crippen LogP contribution in [-0.4, -0.2) is 34.4 Å². The molecule has 1 aliphatic rings. The van der Waals surface area contributed by atoms with Gasteiger partial charge in [0.15, 0.2) is 5.65 Å². The summed E-state index contributed by atoms with van der Waals surface area (Å²) in [6, 6.07) is 3.90. The Morgan fingerprint density at radius 3 is 3.28 bits per heavy atom. The second kappa shape index (κ2) is 5.24. The van der Waals surface area contributed by atoms with Gasteiger partial charge >= 0.3 is 0 Å². The molecule has 1 fully saturated rings. The summed E-state index contributed by atoms with van der Waals surface area (Å²) in [7, 11) is 0. The highest BCUT2D eigenvalue weighted by Crippen LogP contribution is 2.18. The van der Waals surface area contributed by atoms with Crippen molar-refractivity contribution in [1.82, 2.24) is 14.6 Å². The summed E-state index contributed by atoms with van der Waals surface area (Å²) in [5.74, 6) is 1.24. The van der Waals surface area contributed by atoms with Crippen molar-refractivity contribution in [3.8, 4) is 0 Å². The maximum absolute atomic E-state index is 5.46. The fourth-order valence-corrected chi connectivity index (χ4v) is 2.58. The lowest BCUT2D eigenvalue weighted by atomic mass is 10.0. The highest BCUT2D eigenvalue weighted by molar-refractivity contribution is 9.10. The molecule has 2 aromatic heterocycles. The Bertz CT molecular complexity index is 536. The van der Waals surface area contributed by atoms with Crippen LogP contribution in [0.3, 0.4) is 0 Å². The Balaban J connectivity index is 1.69. The van der Waals surface area contributed by atoms with Crippen molar-refractivity contribution in [2.75, 3.05) is 25.1 Å². The zero-order chi connectivity index (χ0) is 12.4. The summed E-state index contributed by atoms with van der Waals surface area (Å²) < 4.78 is 8.17. The number of nitrogens with one attached hydrogen (secondary N) is 1. The van der Waals surface area contributed by atoms with Gasteiger partial charge in [-0.3, -0.25) is 0 Å². The molecule has 96 valence electrons. The molecular weight excluding hydrogens is 296 g/mol. The molecule has 0 bridgehead atoms. The van der Waals surface area contributed by atoms with Crippen LogP contribution in [0.2, 0.25) is 0 Å². The Kier molecular flexibility index (Phi) is 3.47. The minimum absolute atomic E-state index is 0.564. The number of ether oxygens (including phenoxy) is 1. The first-order chi connectivity index (χ1) is 8.83. The predicted octanol–water partition coefficient (Wildman–Crippen LogP) is 2.33. The van der Waals surface area contributed by atoms with E-state index in [0.717, 1.165) is 36.3 Å². The van der Waals surface area contributed by atoms with Crippen molar-refractivity contribution in [2.45, 2.75) is 12.8 Å². The number of nitrogens with zero attached hydrogens (tertiary/aromatic N) is 3. The van der Waals surface area contributed by atoms with Crippen molar-refractivity contribution in [1.29, 1.82) is 0 Å². The Labute approximate surface area is 114 Å². The average molecular weight is 311 g/mol. The van der Waals surface area contributed by atoms with Gasteiger partial charge < -0.3 is 10.1 Å². The van der Waals surface area contributed by atoms with Gasteiger partial charge in [0.25, 0.3) is 0 Å². The van der Waals surface area contributed by atoms with Crippen molar-refractivity contribution in [3.63, 3.8) is 0 Å². The second-order valence-electron chi connectivity index (χ2n) is 4.52. The molecule has 2 aromatic rings. The maximum Gasteiger partial charge on any atom is 0.243 e. The van der Waals surface area contributed by atoms with E-state index in [1.54, 1.807) is 4.52 Å². The molecule has 1 N–H and O–H groups in total. The minimum Gasteiger partial charge on any atom is -0.381 e. The van der Waals surface area contributed by atoms with Gasteiger partial charge in [-0.1, -0.05) is 0 Å². The molecule has 3 heterocycles. The number of rotatable bonds is 3. The highest BCUT2D eigenvalue weighted by atomic mass is 79.9. The lowest BCUT2D eigenvalue weighted by molar-refractivity contribution is 0.0594.